The van der Waals surface area contributed by atoms with Crippen molar-refractivity contribution in [2.45, 2.75) is 31.7 Å². The van der Waals surface area contributed by atoms with E-state index in [-0.39, 0.29) is 17.7 Å². The van der Waals surface area contributed by atoms with Crippen molar-refractivity contribution in [3.05, 3.63) is 29.8 Å². The second kappa shape index (κ2) is 6.26. The molecule has 5 heteroatoms. The Morgan fingerprint density at radius 2 is 2.05 bits per heavy atom. The van der Waals surface area contributed by atoms with E-state index in [2.05, 4.69) is 16.0 Å². The van der Waals surface area contributed by atoms with E-state index in [9.17, 15) is 9.59 Å². The lowest BCUT2D eigenvalue weighted by Gasteiger charge is -2.22. The van der Waals surface area contributed by atoms with Crippen LogP contribution in [0.3, 0.4) is 0 Å². The minimum Gasteiger partial charge on any atom is -0.349 e. The second-order valence-corrected chi connectivity index (χ2v) is 5.86. The molecule has 1 atom stereocenters. The molecule has 5 nitrogen and oxygen atoms in total. The van der Waals surface area contributed by atoms with Crippen LogP contribution in [0.15, 0.2) is 24.3 Å². The molecule has 2 aliphatic rings. The Kier molecular flexibility index (Phi) is 4.20. The number of hydrogen-bond acceptors (Lipinski definition) is 3. The Balaban J connectivity index is 1.61. The van der Waals surface area contributed by atoms with E-state index < -0.39 is 0 Å². The lowest BCUT2D eigenvalue weighted by Crippen LogP contribution is -2.37. The first-order valence-electron chi connectivity index (χ1n) is 7.65. The topological polar surface area (TPSA) is 70.2 Å². The summed E-state index contributed by atoms with van der Waals surface area (Å²) in [7, 11) is 0. The van der Waals surface area contributed by atoms with Gasteiger partial charge >= 0.3 is 0 Å². The van der Waals surface area contributed by atoms with E-state index in [0.29, 0.717) is 17.3 Å². The van der Waals surface area contributed by atoms with Gasteiger partial charge in [-0.15, -0.1) is 0 Å². The molecule has 2 amide bonds. The molecule has 0 radical (unpaired) electrons. The molecule has 1 aliphatic carbocycles. The van der Waals surface area contributed by atoms with Crippen LogP contribution in [-0.4, -0.2) is 30.9 Å². The zero-order chi connectivity index (χ0) is 14.7. The summed E-state index contributed by atoms with van der Waals surface area (Å²) in [5, 5.41) is 9.10. The zero-order valence-corrected chi connectivity index (χ0v) is 12.0. The van der Waals surface area contributed by atoms with Gasteiger partial charge in [0, 0.05) is 23.8 Å². The van der Waals surface area contributed by atoms with Crippen molar-refractivity contribution in [3.63, 3.8) is 0 Å². The normalized spacial score (nSPS) is 21.6. The highest BCUT2D eigenvalue weighted by atomic mass is 16.2. The zero-order valence-electron chi connectivity index (χ0n) is 12.0. The van der Waals surface area contributed by atoms with Crippen LogP contribution in [-0.2, 0) is 4.79 Å². The summed E-state index contributed by atoms with van der Waals surface area (Å²) < 4.78 is 0. The van der Waals surface area contributed by atoms with Crippen molar-refractivity contribution < 1.29 is 9.59 Å². The largest absolute Gasteiger partial charge is 0.349 e. The van der Waals surface area contributed by atoms with Crippen molar-refractivity contribution in [3.8, 4) is 0 Å². The highest BCUT2D eigenvalue weighted by molar-refractivity contribution is 5.98. The fraction of sp³-hybridized carbons (Fsp3) is 0.500. The monoisotopic (exact) mass is 287 g/mol. The molecule has 0 bridgehead atoms. The van der Waals surface area contributed by atoms with Gasteiger partial charge in [-0.05, 0) is 50.4 Å². The molecular weight excluding hydrogens is 266 g/mol. The summed E-state index contributed by atoms with van der Waals surface area (Å²) in [6, 6.07) is 7.48. The van der Waals surface area contributed by atoms with Gasteiger partial charge in [-0.2, -0.15) is 0 Å². The molecule has 3 N–H and O–H groups in total. The van der Waals surface area contributed by atoms with Gasteiger partial charge in [-0.1, -0.05) is 6.07 Å². The number of benzene rings is 1. The molecule has 1 saturated heterocycles. The van der Waals surface area contributed by atoms with Gasteiger partial charge in [0.25, 0.3) is 5.91 Å². The van der Waals surface area contributed by atoms with Crippen LogP contribution in [0, 0.1) is 5.92 Å². The van der Waals surface area contributed by atoms with Gasteiger partial charge in [0.1, 0.15) is 0 Å². The number of carbonyl (C=O) groups excluding carboxylic acids is 2. The minimum absolute atomic E-state index is 0.0164. The lowest BCUT2D eigenvalue weighted by atomic mass is 9.98. The third-order valence-corrected chi connectivity index (χ3v) is 3.97. The number of carbonyl (C=O) groups is 2. The number of anilines is 1. The highest BCUT2D eigenvalue weighted by Gasteiger charge is 2.24. The van der Waals surface area contributed by atoms with Crippen molar-refractivity contribution in [1.29, 1.82) is 0 Å². The Hall–Kier alpha value is -1.88. The summed E-state index contributed by atoms with van der Waals surface area (Å²) in [5.41, 5.74) is 1.29. The summed E-state index contributed by atoms with van der Waals surface area (Å²) in [6.45, 7) is 1.72. The van der Waals surface area contributed by atoms with E-state index in [0.717, 1.165) is 38.8 Å². The van der Waals surface area contributed by atoms with E-state index in [4.69, 9.17) is 0 Å². The van der Waals surface area contributed by atoms with Gasteiger partial charge in [0.15, 0.2) is 0 Å². The fourth-order valence-electron chi connectivity index (χ4n) is 2.55. The molecule has 0 aromatic heterocycles. The van der Waals surface area contributed by atoms with Crippen LogP contribution >= 0.6 is 0 Å². The Bertz CT molecular complexity index is 534. The molecule has 3 rings (SSSR count). The molecule has 21 heavy (non-hydrogen) atoms. The van der Waals surface area contributed by atoms with Crippen molar-refractivity contribution in [2.75, 3.05) is 18.4 Å². The Morgan fingerprint density at radius 3 is 2.76 bits per heavy atom. The first kappa shape index (κ1) is 14.1. The number of nitrogens with one attached hydrogen (secondary N) is 3. The third kappa shape index (κ3) is 3.82. The molecule has 0 spiro atoms. The number of hydrogen-bond donors (Lipinski definition) is 3. The molecule has 112 valence electrons. The second-order valence-electron chi connectivity index (χ2n) is 5.86. The first-order chi connectivity index (χ1) is 10.2. The van der Waals surface area contributed by atoms with Crippen LogP contribution in [0.5, 0.6) is 0 Å². The maximum absolute atomic E-state index is 12.2. The standard InChI is InChI=1S/C16H21N3O2/c20-15(18-13-6-7-13)11-3-1-5-14(9-11)19-16(21)12-4-2-8-17-10-12/h1,3,5,9,12-13,17H,2,4,6-8,10H2,(H,18,20)(H,19,21)/t12-/m1/s1. The maximum atomic E-state index is 12.2. The summed E-state index contributed by atoms with van der Waals surface area (Å²) in [5.74, 6) is -0.0161. The van der Waals surface area contributed by atoms with Crippen LogP contribution in [0.4, 0.5) is 5.69 Å². The minimum atomic E-state index is -0.0621. The van der Waals surface area contributed by atoms with Crippen LogP contribution < -0.4 is 16.0 Å². The average molecular weight is 287 g/mol. The lowest BCUT2D eigenvalue weighted by molar-refractivity contribution is -0.120. The highest BCUT2D eigenvalue weighted by Crippen LogP contribution is 2.20. The number of amides is 2. The molecule has 0 unspecified atom stereocenters. The Labute approximate surface area is 124 Å². The van der Waals surface area contributed by atoms with Crippen molar-refractivity contribution in [2.24, 2.45) is 5.92 Å². The van der Waals surface area contributed by atoms with Crippen LogP contribution in [0.2, 0.25) is 0 Å². The molecular formula is C16H21N3O2. The van der Waals surface area contributed by atoms with Crippen molar-refractivity contribution >= 4 is 17.5 Å². The van der Waals surface area contributed by atoms with E-state index in [1.165, 1.54) is 0 Å². The molecule has 1 aliphatic heterocycles. The molecule has 1 saturated carbocycles. The average Bonchev–Trinajstić information content (AvgIpc) is 3.32. The quantitative estimate of drug-likeness (QED) is 0.786. The Morgan fingerprint density at radius 1 is 1.19 bits per heavy atom. The molecule has 1 heterocycles. The summed E-state index contributed by atoms with van der Waals surface area (Å²) >= 11 is 0. The van der Waals surface area contributed by atoms with Gasteiger partial charge in [0.05, 0.1) is 5.92 Å². The number of piperidine rings is 1. The van der Waals surface area contributed by atoms with Crippen LogP contribution in [0.1, 0.15) is 36.0 Å². The fourth-order valence-corrected chi connectivity index (χ4v) is 2.55. The van der Waals surface area contributed by atoms with Crippen LogP contribution in [0.25, 0.3) is 0 Å². The van der Waals surface area contributed by atoms with Gasteiger partial charge in [-0.3, -0.25) is 9.59 Å². The predicted octanol–water partition coefficient (Wildman–Crippen LogP) is 1.52. The van der Waals surface area contributed by atoms with Gasteiger partial charge in [-0.25, -0.2) is 0 Å². The smallest absolute Gasteiger partial charge is 0.251 e. The summed E-state index contributed by atoms with van der Waals surface area (Å²) in [6.07, 6.45) is 4.08. The van der Waals surface area contributed by atoms with Crippen molar-refractivity contribution in [1.82, 2.24) is 10.6 Å². The summed E-state index contributed by atoms with van der Waals surface area (Å²) in [4.78, 5) is 24.2. The van der Waals surface area contributed by atoms with Gasteiger partial charge < -0.3 is 16.0 Å². The SMILES string of the molecule is O=C(NC1CC1)c1cccc(NC(=O)[C@@H]2CCCNC2)c1. The molecule has 1 aromatic carbocycles. The predicted molar refractivity (Wildman–Crippen MR) is 81.2 cm³/mol. The maximum Gasteiger partial charge on any atom is 0.251 e. The third-order valence-electron chi connectivity index (χ3n) is 3.97. The first-order valence-corrected chi connectivity index (χ1v) is 7.65. The van der Waals surface area contributed by atoms with E-state index >= 15 is 0 Å². The van der Waals surface area contributed by atoms with Gasteiger partial charge in [0.2, 0.25) is 5.91 Å². The number of rotatable bonds is 4. The molecule has 2 fully saturated rings. The van der Waals surface area contributed by atoms with E-state index in [1.54, 1.807) is 18.2 Å². The van der Waals surface area contributed by atoms with E-state index in [1.807, 2.05) is 6.07 Å². The molecule has 1 aromatic rings.